The Morgan fingerprint density at radius 2 is 1.81 bits per heavy atom. The molecule has 1 fully saturated rings. The summed E-state index contributed by atoms with van der Waals surface area (Å²) in [5.41, 5.74) is 2.67. The van der Waals surface area contributed by atoms with Crippen LogP contribution in [0.2, 0.25) is 0 Å². The molecule has 2 rings (SSSR count). The fourth-order valence-corrected chi connectivity index (χ4v) is 2.08. The highest BCUT2D eigenvalue weighted by Gasteiger charge is 2.15. The van der Waals surface area contributed by atoms with E-state index in [1.54, 1.807) is 0 Å². The van der Waals surface area contributed by atoms with Crippen molar-refractivity contribution in [3.8, 4) is 0 Å². The number of anilines is 1. The van der Waals surface area contributed by atoms with Crippen molar-refractivity contribution in [2.75, 3.05) is 45.8 Å². The first kappa shape index (κ1) is 11.4. The van der Waals surface area contributed by atoms with Crippen LogP contribution in [0, 0.1) is 0 Å². The molecule has 1 saturated heterocycles. The Kier molecular flexibility index (Phi) is 3.46. The van der Waals surface area contributed by atoms with Gasteiger partial charge in [0.25, 0.3) is 0 Å². The van der Waals surface area contributed by atoms with E-state index in [1.165, 1.54) is 24.3 Å². The molecule has 0 amide bonds. The molecule has 1 aromatic rings. The minimum absolute atomic E-state index is 1.07. The van der Waals surface area contributed by atoms with Crippen LogP contribution < -0.4 is 4.90 Å². The third-order valence-electron chi connectivity index (χ3n) is 3.10. The maximum Gasteiger partial charge on any atom is 0.0507 e. The van der Waals surface area contributed by atoms with E-state index in [0.717, 1.165) is 13.2 Å². The molecule has 3 heteroatoms. The van der Waals surface area contributed by atoms with E-state index in [1.807, 2.05) is 0 Å². The summed E-state index contributed by atoms with van der Waals surface area (Å²) in [6.07, 6.45) is 0. The second-order valence-electron chi connectivity index (χ2n) is 4.83. The highest BCUT2D eigenvalue weighted by molar-refractivity contribution is 5.45. The van der Waals surface area contributed by atoms with Gasteiger partial charge in [0.1, 0.15) is 0 Å². The van der Waals surface area contributed by atoms with Crippen LogP contribution in [0.1, 0.15) is 5.56 Å². The molecule has 0 spiro atoms. The summed E-state index contributed by atoms with van der Waals surface area (Å²) in [5, 5.41) is 0. The number of rotatable bonds is 3. The molecule has 88 valence electrons. The minimum atomic E-state index is 1.07. The summed E-state index contributed by atoms with van der Waals surface area (Å²) in [5.74, 6) is 0. The van der Waals surface area contributed by atoms with Crippen LogP contribution in [0.3, 0.4) is 0 Å². The van der Waals surface area contributed by atoms with E-state index in [9.17, 15) is 0 Å². The van der Waals surface area contributed by atoms with Crippen LogP contribution in [0.25, 0.3) is 0 Å². The van der Waals surface area contributed by atoms with Gasteiger partial charge >= 0.3 is 0 Å². The standard InChI is InChI=1S/C13H21N3/c1-14(2)13-6-4-12(5-7-13)10-16-9-8-15(3)11-16/h4-7H,8-11H2,1-3H3. The smallest absolute Gasteiger partial charge is 0.0507 e. The van der Waals surface area contributed by atoms with Gasteiger partial charge in [-0.3, -0.25) is 9.80 Å². The Hall–Kier alpha value is -1.06. The first-order valence-corrected chi connectivity index (χ1v) is 5.82. The molecule has 0 bridgehead atoms. The van der Waals surface area contributed by atoms with Crippen LogP contribution in [0.4, 0.5) is 5.69 Å². The average molecular weight is 219 g/mol. The zero-order valence-corrected chi connectivity index (χ0v) is 10.5. The van der Waals surface area contributed by atoms with Gasteiger partial charge in [-0.15, -0.1) is 0 Å². The molecule has 3 nitrogen and oxygen atoms in total. The third kappa shape index (κ3) is 2.74. The zero-order valence-electron chi connectivity index (χ0n) is 10.5. The van der Waals surface area contributed by atoms with E-state index in [0.29, 0.717) is 0 Å². The van der Waals surface area contributed by atoms with Gasteiger partial charge < -0.3 is 4.90 Å². The van der Waals surface area contributed by atoms with Gasteiger partial charge in [-0.1, -0.05) is 12.1 Å². The van der Waals surface area contributed by atoms with E-state index in [-0.39, 0.29) is 0 Å². The Balaban J connectivity index is 1.95. The van der Waals surface area contributed by atoms with Gasteiger partial charge in [-0.05, 0) is 24.7 Å². The number of hydrogen-bond donors (Lipinski definition) is 0. The van der Waals surface area contributed by atoms with Crippen molar-refractivity contribution in [2.45, 2.75) is 6.54 Å². The lowest BCUT2D eigenvalue weighted by molar-refractivity contribution is 0.268. The predicted molar refractivity (Wildman–Crippen MR) is 68.7 cm³/mol. The van der Waals surface area contributed by atoms with Crippen molar-refractivity contribution in [1.82, 2.24) is 9.80 Å². The summed E-state index contributed by atoms with van der Waals surface area (Å²) in [4.78, 5) is 6.96. The fraction of sp³-hybridized carbons (Fsp3) is 0.538. The number of hydrogen-bond acceptors (Lipinski definition) is 3. The van der Waals surface area contributed by atoms with Crippen LogP contribution >= 0.6 is 0 Å². The minimum Gasteiger partial charge on any atom is -0.378 e. The summed E-state index contributed by atoms with van der Waals surface area (Å²) >= 11 is 0. The maximum absolute atomic E-state index is 2.48. The number of nitrogens with zero attached hydrogens (tertiary/aromatic N) is 3. The Bertz CT molecular complexity index is 332. The Morgan fingerprint density at radius 1 is 1.12 bits per heavy atom. The molecule has 1 aromatic carbocycles. The van der Waals surface area contributed by atoms with Gasteiger partial charge in [-0.25, -0.2) is 0 Å². The largest absolute Gasteiger partial charge is 0.378 e. The molecule has 0 aliphatic carbocycles. The monoisotopic (exact) mass is 219 g/mol. The van der Waals surface area contributed by atoms with Crippen LogP contribution in [0.15, 0.2) is 24.3 Å². The highest BCUT2D eigenvalue weighted by Crippen LogP contribution is 2.14. The van der Waals surface area contributed by atoms with Gasteiger partial charge in [0.15, 0.2) is 0 Å². The average Bonchev–Trinajstić information content (AvgIpc) is 2.65. The molecular weight excluding hydrogens is 198 g/mol. The second kappa shape index (κ2) is 4.85. The van der Waals surface area contributed by atoms with Crippen LogP contribution in [-0.2, 0) is 6.54 Å². The van der Waals surface area contributed by atoms with Gasteiger partial charge in [-0.2, -0.15) is 0 Å². The summed E-state index contributed by atoms with van der Waals surface area (Å²) < 4.78 is 0. The maximum atomic E-state index is 2.48. The van der Waals surface area contributed by atoms with Gasteiger partial charge in [0.2, 0.25) is 0 Å². The molecule has 0 aromatic heterocycles. The quantitative estimate of drug-likeness (QED) is 0.762. The zero-order chi connectivity index (χ0) is 11.5. The molecular formula is C13H21N3. The van der Waals surface area contributed by atoms with Crippen molar-refractivity contribution in [2.24, 2.45) is 0 Å². The first-order chi connectivity index (χ1) is 7.65. The van der Waals surface area contributed by atoms with Crippen LogP contribution in [0.5, 0.6) is 0 Å². The summed E-state index contributed by atoms with van der Waals surface area (Å²) in [6.45, 7) is 4.54. The topological polar surface area (TPSA) is 9.72 Å². The lowest BCUT2D eigenvalue weighted by atomic mass is 10.2. The molecule has 1 aliphatic heterocycles. The molecule has 0 saturated carbocycles. The number of likely N-dealkylation sites (N-methyl/N-ethyl adjacent to an activating group) is 1. The number of benzene rings is 1. The van der Waals surface area contributed by atoms with Crippen molar-refractivity contribution in [1.29, 1.82) is 0 Å². The molecule has 0 unspecified atom stereocenters. The lowest BCUT2D eigenvalue weighted by Crippen LogP contribution is -2.22. The molecule has 1 aliphatic rings. The molecule has 0 atom stereocenters. The normalized spacial score (nSPS) is 17.9. The SMILES string of the molecule is CN1CCN(Cc2ccc(N(C)C)cc2)C1. The molecule has 16 heavy (non-hydrogen) atoms. The Labute approximate surface area is 98.3 Å². The summed E-state index contributed by atoms with van der Waals surface area (Å²) in [6, 6.07) is 8.84. The lowest BCUT2D eigenvalue weighted by Gasteiger charge is -2.17. The highest BCUT2D eigenvalue weighted by atomic mass is 15.4. The van der Waals surface area contributed by atoms with Crippen molar-refractivity contribution in [3.63, 3.8) is 0 Å². The van der Waals surface area contributed by atoms with Gasteiger partial charge in [0, 0.05) is 39.4 Å². The van der Waals surface area contributed by atoms with E-state index in [2.05, 4.69) is 60.1 Å². The first-order valence-electron chi connectivity index (χ1n) is 5.82. The third-order valence-corrected chi connectivity index (χ3v) is 3.10. The molecule has 0 radical (unpaired) electrons. The van der Waals surface area contributed by atoms with Crippen molar-refractivity contribution in [3.05, 3.63) is 29.8 Å². The van der Waals surface area contributed by atoms with Gasteiger partial charge in [0.05, 0.1) is 6.67 Å². The second-order valence-corrected chi connectivity index (χ2v) is 4.83. The predicted octanol–water partition coefficient (Wildman–Crippen LogP) is 1.46. The van der Waals surface area contributed by atoms with E-state index >= 15 is 0 Å². The van der Waals surface area contributed by atoms with E-state index in [4.69, 9.17) is 0 Å². The fourth-order valence-electron chi connectivity index (χ4n) is 2.08. The summed E-state index contributed by atoms with van der Waals surface area (Å²) in [7, 11) is 6.32. The van der Waals surface area contributed by atoms with Crippen molar-refractivity contribution >= 4 is 5.69 Å². The Morgan fingerprint density at radius 3 is 2.31 bits per heavy atom. The molecule has 0 N–H and O–H groups in total. The molecule has 1 heterocycles. The van der Waals surface area contributed by atoms with Crippen LogP contribution in [-0.4, -0.2) is 50.7 Å². The van der Waals surface area contributed by atoms with E-state index < -0.39 is 0 Å². The van der Waals surface area contributed by atoms with Crippen molar-refractivity contribution < 1.29 is 0 Å².